The van der Waals surface area contributed by atoms with Crippen LogP contribution in [0.15, 0.2) is 12.1 Å². The molecule has 1 fully saturated rings. The lowest BCUT2D eigenvalue weighted by atomic mass is 10.0. The molecular formula is C15H20ClNO4S. The highest BCUT2D eigenvalue weighted by Gasteiger charge is 2.41. The van der Waals surface area contributed by atoms with Crippen LogP contribution < -0.4 is 0 Å². The molecule has 0 unspecified atom stereocenters. The zero-order valence-corrected chi connectivity index (χ0v) is 14.4. The van der Waals surface area contributed by atoms with Gasteiger partial charge in [0.1, 0.15) is 11.6 Å². The third-order valence-electron chi connectivity index (χ3n) is 3.42. The Kier molecular flexibility index (Phi) is 5.02. The fourth-order valence-corrected chi connectivity index (χ4v) is 3.78. The van der Waals surface area contributed by atoms with Crippen molar-refractivity contribution in [2.45, 2.75) is 45.3 Å². The fourth-order valence-electron chi connectivity index (χ4n) is 2.57. The first-order valence-corrected chi connectivity index (χ1v) is 8.32. The van der Waals surface area contributed by atoms with Crippen LogP contribution in [0.3, 0.4) is 0 Å². The summed E-state index contributed by atoms with van der Waals surface area (Å²) >= 11 is 7.40. The quantitative estimate of drug-likeness (QED) is 0.907. The van der Waals surface area contributed by atoms with Gasteiger partial charge < -0.3 is 9.84 Å². The predicted molar refractivity (Wildman–Crippen MR) is 85.5 cm³/mol. The average Bonchev–Trinajstić information content (AvgIpc) is 2.94. The smallest absolute Gasteiger partial charge is 0.411 e. The molecule has 1 amide bonds. The second-order valence-electron chi connectivity index (χ2n) is 6.50. The minimum absolute atomic E-state index is 0.100. The minimum Gasteiger partial charge on any atom is -0.480 e. The number of carbonyl (C=O) groups excluding carboxylic acids is 1. The van der Waals surface area contributed by atoms with E-state index in [1.54, 1.807) is 20.8 Å². The summed E-state index contributed by atoms with van der Waals surface area (Å²) in [6.45, 7) is 5.69. The molecule has 1 N–H and O–H groups in total. The highest BCUT2D eigenvalue weighted by molar-refractivity contribution is 7.16. The van der Waals surface area contributed by atoms with Gasteiger partial charge in [-0.3, -0.25) is 4.90 Å². The SMILES string of the molecule is CC(C)(C)OC(=O)N1C[C@@H](Cc2ccc(Cl)s2)C[C@H]1C(=O)O. The predicted octanol–water partition coefficient (Wildman–Crippen LogP) is 3.65. The molecule has 1 saturated heterocycles. The number of carboxylic acids is 1. The molecule has 2 rings (SSSR count). The molecule has 0 saturated carbocycles. The number of carboxylic acid groups (broad SMARTS) is 1. The van der Waals surface area contributed by atoms with Gasteiger partial charge in [0.2, 0.25) is 0 Å². The summed E-state index contributed by atoms with van der Waals surface area (Å²) in [5.41, 5.74) is -0.639. The summed E-state index contributed by atoms with van der Waals surface area (Å²) in [4.78, 5) is 26.0. The first-order valence-electron chi connectivity index (χ1n) is 7.12. The zero-order chi connectivity index (χ0) is 16.5. The number of aliphatic carboxylic acids is 1. The topological polar surface area (TPSA) is 66.8 Å². The Morgan fingerprint density at radius 1 is 1.45 bits per heavy atom. The van der Waals surface area contributed by atoms with E-state index in [1.165, 1.54) is 16.2 Å². The maximum atomic E-state index is 12.2. The van der Waals surface area contributed by atoms with E-state index in [9.17, 15) is 14.7 Å². The lowest BCUT2D eigenvalue weighted by molar-refractivity contribution is -0.142. The largest absolute Gasteiger partial charge is 0.480 e. The Morgan fingerprint density at radius 3 is 2.64 bits per heavy atom. The number of halogens is 1. The highest BCUT2D eigenvalue weighted by Crippen LogP contribution is 2.31. The van der Waals surface area contributed by atoms with Gasteiger partial charge in [-0.1, -0.05) is 11.6 Å². The van der Waals surface area contributed by atoms with E-state index >= 15 is 0 Å². The standard InChI is InChI=1S/C15H20ClNO4S/c1-15(2,3)21-14(20)17-8-9(7-11(17)13(18)19)6-10-4-5-12(16)22-10/h4-5,9,11H,6-8H2,1-3H3,(H,18,19)/t9-,11-/m0/s1. The van der Waals surface area contributed by atoms with Crippen molar-refractivity contribution in [2.75, 3.05) is 6.54 Å². The molecule has 7 heteroatoms. The highest BCUT2D eigenvalue weighted by atomic mass is 35.5. The maximum absolute atomic E-state index is 12.2. The van der Waals surface area contributed by atoms with Gasteiger partial charge in [-0.05, 0) is 51.7 Å². The summed E-state index contributed by atoms with van der Waals surface area (Å²) in [6.07, 6.45) is 0.594. The van der Waals surface area contributed by atoms with Gasteiger partial charge >= 0.3 is 12.1 Å². The molecule has 2 atom stereocenters. The number of hydrogen-bond acceptors (Lipinski definition) is 4. The number of rotatable bonds is 3. The Bertz CT molecular complexity index is 566. The van der Waals surface area contributed by atoms with Gasteiger partial charge in [-0.15, -0.1) is 11.3 Å². The molecule has 1 aromatic heterocycles. The second kappa shape index (κ2) is 6.46. The molecule has 0 aromatic carbocycles. The van der Waals surface area contributed by atoms with Gasteiger partial charge in [-0.25, -0.2) is 9.59 Å². The van der Waals surface area contributed by atoms with Crippen LogP contribution >= 0.6 is 22.9 Å². The Morgan fingerprint density at radius 2 is 2.14 bits per heavy atom. The van der Waals surface area contributed by atoms with Gasteiger partial charge in [0.05, 0.1) is 4.34 Å². The van der Waals surface area contributed by atoms with E-state index in [2.05, 4.69) is 0 Å². The molecule has 2 heterocycles. The number of hydrogen-bond donors (Lipinski definition) is 1. The van der Waals surface area contributed by atoms with E-state index in [1.807, 2.05) is 12.1 Å². The minimum atomic E-state index is -0.988. The summed E-state index contributed by atoms with van der Waals surface area (Å²) in [6, 6.07) is 2.95. The third-order valence-corrected chi connectivity index (χ3v) is 4.67. The third kappa shape index (κ3) is 4.36. The van der Waals surface area contributed by atoms with Gasteiger partial charge in [0.15, 0.2) is 0 Å². The number of thiophene rings is 1. The molecule has 0 spiro atoms. The van der Waals surface area contributed by atoms with E-state index in [0.717, 1.165) is 11.3 Å². The molecule has 0 aliphatic carbocycles. The number of nitrogens with zero attached hydrogens (tertiary/aromatic N) is 1. The number of likely N-dealkylation sites (tertiary alicyclic amines) is 1. The van der Waals surface area contributed by atoms with Crippen LogP contribution in [-0.2, 0) is 16.0 Å². The van der Waals surface area contributed by atoms with Crippen LogP contribution in [0.1, 0.15) is 32.1 Å². The Hall–Kier alpha value is -1.27. The number of ether oxygens (including phenoxy) is 1. The molecule has 122 valence electrons. The first kappa shape index (κ1) is 17.1. The summed E-state index contributed by atoms with van der Waals surface area (Å²) in [5, 5.41) is 9.35. The molecule has 0 radical (unpaired) electrons. The lowest BCUT2D eigenvalue weighted by Crippen LogP contribution is -2.43. The van der Waals surface area contributed by atoms with E-state index < -0.39 is 23.7 Å². The Labute approximate surface area is 138 Å². The van der Waals surface area contributed by atoms with Crippen LogP contribution in [-0.4, -0.2) is 40.3 Å². The van der Waals surface area contributed by atoms with Crippen molar-refractivity contribution in [1.29, 1.82) is 0 Å². The van der Waals surface area contributed by atoms with Gasteiger partial charge in [0, 0.05) is 11.4 Å². The second-order valence-corrected chi connectivity index (χ2v) is 8.30. The van der Waals surface area contributed by atoms with Crippen molar-refractivity contribution in [3.63, 3.8) is 0 Å². The van der Waals surface area contributed by atoms with Crippen LogP contribution in [0.4, 0.5) is 4.79 Å². The van der Waals surface area contributed by atoms with Crippen molar-refractivity contribution in [1.82, 2.24) is 4.90 Å². The normalized spacial score (nSPS) is 21.9. The monoisotopic (exact) mass is 345 g/mol. The summed E-state index contributed by atoms with van der Waals surface area (Å²) in [5.74, 6) is -0.888. The lowest BCUT2D eigenvalue weighted by Gasteiger charge is -2.26. The molecular weight excluding hydrogens is 326 g/mol. The van der Waals surface area contributed by atoms with Gasteiger partial charge in [0.25, 0.3) is 0 Å². The fraction of sp³-hybridized carbons (Fsp3) is 0.600. The summed E-state index contributed by atoms with van der Waals surface area (Å²) in [7, 11) is 0. The molecule has 0 bridgehead atoms. The van der Waals surface area contributed by atoms with Crippen molar-refractivity contribution < 1.29 is 19.4 Å². The Balaban J connectivity index is 2.06. The van der Waals surface area contributed by atoms with E-state index in [4.69, 9.17) is 16.3 Å². The van der Waals surface area contributed by atoms with E-state index in [0.29, 0.717) is 17.3 Å². The molecule has 5 nitrogen and oxygen atoms in total. The number of carbonyl (C=O) groups is 2. The van der Waals surface area contributed by atoms with Crippen molar-refractivity contribution in [3.05, 3.63) is 21.3 Å². The van der Waals surface area contributed by atoms with Crippen LogP contribution in [0.5, 0.6) is 0 Å². The van der Waals surface area contributed by atoms with Gasteiger partial charge in [-0.2, -0.15) is 0 Å². The van der Waals surface area contributed by atoms with Crippen molar-refractivity contribution in [2.24, 2.45) is 5.92 Å². The van der Waals surface area contributed by atoms with Crippen molar-refractivity contribution in [3.8, 4) is 0 Å². The van der Waals surface area contributed by atoms with Crippen molar-refractivity contribution >= 4 is 35.0 Å². The van der Waals surface area contributed by atoms with Crippen LogP contribution in [0.25, 0.3) is 0 Å². The average molecular weight is 346 g/mol. The maximum Gasteiger partial charge on any atom is 0.411 e. The zero-order valence-electron chi connectivity index (χ0n) is 12.8. The molecule has 1 aliphatic rings. The first-order chi connectivity index (χ1) is 10.2. The van der Waals surface area contributed by atoms with Crippen LogP contribution in [0, 0.1) is 5.92 Å². The summed E-state index contributed by atoms with van der Waals surface area (Å²) < 4.78 is 6.02. The van der Waals surface area contributed by atoms with E-state index in [-0.39, 0.29) is 5.92 Å². The molecule has 1 aromatic rings. The molecule has 1 aliphatic heterocycles. The van der Waals surface area contributed by atoms with Crippen LogP contribution in [0.2, 0.25) is 4.34 Å². The molecule has 22 heavy (non-hydrogen) atoms. The number of amides is 1.